The number of rotatable bonds is 5. The molecule has 0 spiro atoms. The van der Waals surface area contributed by atoms with Crippen molar-refractivity contribution in [1.29, 1.82) is 0 Å². The van der Waals surface area contributed by atoms with E-state index in [2.05, 4.69) is 5.32 Å². The molecule has 0 aliphatic carbocycles. The van der Waals surface area contributed by atoms with E-state index in [1.165, 1.54) is 12.1 Å². The second kappa shape index (κ2) is 5.89. The summed E-state index contributed by atoms with van der Waals surface area (Å²) in [6.45, 7) is 1.69. The Hall–Kier alpha value is -2.04. The lowest BCUT2D eigenvalue weighted by atomic mass is 10.1. The molecule has 0 fully saturated rings. The first kappa shape index (κ1) is 13.0. The molecule has 0 aliphatic rings. The van der Waals surface area contributed by atoms with Crippen molar-refractivity contribution in [1.82, 2.24) is 5.32 Å². The van der Waals surface area contributed by atoms with Crippen LogP contribution in [0.3, 0.4) is 0 Å². The zero-order valence-electron chi connectivity index (χ0n) is 9.51. The first-order valence-corrected chi connectivity index (χ1v) is 5.33. The lowest BCUT2D eigenvalue weighted by molar-refractivity contribution is -0.141. The fraction of sp³-hybridized carbons (Fsp3) is 0.333. The smallest absolute Gasteiger partial charge is 0.326 e. The summed E-state index contributed by atoms with van der Waals surface area (Å²) in [5, 5.41) is 20.4. The van der Waals surface area contributed by atoms with Gasteiger partial charge in [0.15, 0.2) is 0 Å². The number of aliphatic carboxylic acids is 1. The van der Waals surface area contributed by atoms with Crippen molar-refractivity contribution >= 4 is 11.9 Å². The number of aromatic hydroxyl groups is 1. The normalized spacial score (nSPS) is 11.8. The van der Waals surface area contributed by atoms with Crippen molar-refractivity contribution < 1.29 is 19.8 Å². The molecule has 5 heteroatoms. The number of carboxylic acids is 1. The number of benzene rings is 1. The fourth-order valence-electron chi connectivity index (χ4n) is 1.44. The molecule has 1 atom stereocenters. The summed E-state index contributed by atoms with van der Waals surface area (Å²) in [7, 11) is 0. The van der Waals surface area contributed by atoms with Gasteiger partial charge in [0, 0.05) is 0 Å². The summed E-state index contributed by atoms with van der Waals surface area (Å²) in [5.41, 5.74) is 0.641. The molecule has 0 aromatic heterocycles. The Morgan fingerprint density at radius 3 is 2.65 bits per heavy atom. The minimum absolute atomic E-state index is 0.0537. The third kappa shape index (κ3) is 4.14. The largest absolute Gasteiger partial charge is 0.508 e. The van der Waals surface area contributed by atoms with E-state index in [-0.39, 0.29) is 18.1 Å². The van der Waals surface area contributed by atoms with Gasteiger partial charge in [-0.2, -0.15) is 0 Å². The summed E-state index contributed by atoms with van der Waals surface area (Å²) in [6.07, 6.45) is 0.388. The Bertz CT molecular complexity index is 417. The SMILES string of the molecule is CC[C@H](NC(=O)Cc1cccc(O)c1)C(=O)O. The summed E-state index contributed by atoms with van der Waals surface area (Å²) >= 11 is 0. The molecule has 3 N–H and O–H groups in total. The van der Waals surface area contributed by atoms with Gasteiger partial charge in [0.25, 0.3) is 0 Å². The maximum atomic E-state index is 11.5. The van der Waals surface area contributed by atoms with Crippen LogP contribution >= 0.6 is 0 Å². The number of phenolic OH excluding ortho intramolecular Hbond substituents is 1. The molecule has 0 saturated carbocycles. The molecule has 0 aliphatic heterocycles. The van der Waals surface area contributed by atoms with Crippen molar-refractivity contribution in [2.24, 2.45) is 0 Å². The van der Waals surface area contributed by atoms with Crippen LogP contribution < -0.4 is 5.32 Å². The lowest BCUT2D eigenvalue weighted by Gasteiger charge is -2.12. The number of hydrogen-bond acceptors (Lipinski definition) is 3. The minimum atomic E-state index is -1.04. The average molecular weight is 237 g/mol. The Morgan fingerprint density at radius 2 is 2.12 bits per heavy atom. The van der Waals surface area contributed by atoms with Gasteiger partial charge in [-0.05, 0) is 24.1 Å². The van der Waals surface area contributed by atoms with Gasteiger partial charge in [-0.3, -0.25) is 4.79 Å². The molecule has 92 valence electrons. The Kier molecular flexibility index (Phi) is 4.51. The van der Waals surface area contributed by atoms with Gasteiger partial charge in [-0.15, -0.1) is 0 Å². The molecule has 5 nitrogen and oxygen atoms in total. The van der Waals surface area contributed by atoms with E-state index in [0.717, 1.165) is 0 Å². The van der Waals surface area contributed by atoms with Crippen LogP contribution in [0.2, 0.25) is 0 Å². The lowest BCUT2D eigenvalue weighted by Crippen LogP contribution is -2.40. The molecule has 0 bridgehead atoms. The minimum Gasteiger partial charge on any atom is -0.508 e. The van der Waals surface area contributed by atoms with E-state index in [9.17, 15) is 14.7 Å². The van der Waals surface area contributed by atoms with E-state index in [1.54, 1.807) is 19.1 Å². The number of carbonyl (C=O) groups excluding carboxylic acids is 1. The molecule has 1 aromatic carbocycles. The van der Waals surface area contributed by atoms with Crippen molar-refractivity contribution in [3.05, 3.63) is 29.8 Å². The third-order valence-electron chi connectivity index (χ3n) is 2.32. The van der Waals surface area contributed by atoms with Crippen LogP contribution in [0.5, 0.6) is 5.75 Å². The van der Waals surface area contributed by atoms with E-state index in [4.69, 9.17) is 5.11 Å². The van der Waals surface area contributed by atoms with Crippen LogP contribution in [0.25, 0.3) is 0 Å². The monoisotopic (exact) mass is 237 g/mol. The summed E-state index contributed by atoms with van der Waals surface area (Å²) < 4.78 is 0. The number of carbonyl (C=O) groups is 2. The summed E-state index contributed by atoms with van der Waals surface area (Å²) in [6, 6.07) is 5.45. The first-order valence-electron chi connectivity index (χ1n) is 5.33. The molecular formula is C12H15NO4. The molecule has 1 aromatic rings. The van der Waals surface area contributed by atoms with Crippen LogP contribution in [0.1, 0.15) is 18.9 Å². The zero-order valence-corrected chi connectivity index (χ0v) is 9.51. The van der Waals surface area contributed by atoms with E-state index in [1.807, 2.05) is 0 Å². The Balaban J connectivity index is 2.58. The molecule has 17 heavy (non-hydrogen) atoms. The van der Waals surface area contributed by atoms with Gasteiger partial charge < -0.3 is 15.5 Å². The molecule has 0 unspecified atom stereocenters. The van der Waals surface area contributed by atoms with E-state index < -0.39 is 12.0 Å². The van der Waals surface area contributed by atoms with Gasteiger partial charge in [0.05, 0.1) is 6.42 Å². The van der Waals surface area contributed by atoms with Gasteiger partial charge in [0.1, 0.15) is 11.8 Å². The van der Waals surface area contributed by atoms with Crippen molar-refractivity contribution in [3.63, 3.8) is 0 Å². The van der Waals surface area contributed by atoms with Crippen molar-refractivity contribution in [2.75, 3.05) is 0 Å². The molecule has 0 radical (unpaired) electrons. The van der Waals surface area contributed by atoms with Gasteiger partial charge in [-0.25, -0.2) is 4.79 Å². The second-order valence-electron chi connectivity index (χ2n) is 3.71. The molecule has 1 rings (SSSR count). The number of amides is 1. The van der Waals surface area contributed by atoms with Crippen LogP contribution in [-0.4, -0.2) is 28.1 Å². The highest BCUT2D eigenvalue weighted by molar-refractivity contribution is 5.84. The predicted octanol–water partition coefficient (Wildman–Crippen LogP) is 0.914. The van der Waals surface area contributed by atoms with Crippen LogP contribution in [0, 0.1) is 0 Å². The van der Waals surface area contributed by atoms with Crippen molar-refractivity contribution in [2.45, 2.75) is 25.8 Å². The Morgan fingerprint density at radius 1 is 1.41 bits per heavy atom. The molecule has 0 saturated heterocycles. The van der Waals surface area contributed by atoms with E-state index >= 15 is 0 Å². The quantitative estimate of drug-likeness (QED) is 0.710. The average Bonchev–Trinajstić information content (AvgIpc) is 2.25. The standard InChI is InChI=1S/C12H15NO4/c1-2-10(12(16)17)13-11(15)7-8-4-3-5-9(14)6-8/h3-6,10,14H,2,7H2,1H3,(H,13,15)(H,16,17)/t10-/m0/s1. The zero-order chi connectivity index (χ0) is 12.8. The molecule has 0 heterocycles. The number of phenols is 1. The van der Waals surface area contributed by atoms with Crippen LogP contribution in [0.4, 0.5) is 0 Å². The van der Waals surface area contributed by atoms with Gasteiger partial charge in [0.2, 0.25) is 5.91 Å². The fourth-order valence-corrected chi connectivity index (χ4v) is 1.44. The molecule has 1 amide bonds. The van der Waals surface area contributed by atoms with E-state index in [0.29, 0.717) is 12.0 Å². The van der Waals surface area contributed by atoms with Gasteiger partial charge >= 0.3 is 5.97 Å². The maximum Gasteiger partial charge on any atom is 0.326 e. The highest BCUT2D eigenvalue weighted by Gasteiger charge is 2.17. The maximum absolute atomic E-state index is 11.5. The topological polar surface area (TPSA) is 86.6 Å². The third-order valence-corrected chi connectivity index (χ3v) is 2.32. The summed E-state index contributed by atoms with van der Waals surface area (Å²) in [5.74, 6) is -1.33. The number of carboxylic acid groups (broad SMARTS) is 1. The van der Waals surface area contributed by atoms with Crippen LogP contribution in [-0.2, 0) is 16.0 Å². The van der Waals surface area contributed by atoms with Crippen LogP contribution in [0.15, 0.2) is 24.3 Å². The second-order valence-corrected chi connectivity index (χ2v) is 3.71. The Labute approximate surface area is 99.1 Å². The van der Waals surface area contributed by atoms with Crippen molar-refractivity contribution in [3.8, 4) is 5.75 Å². The number of hydrogen-bond donors (Lipinski definition) is 3. The highest BCUT2D eigenvalue weighted by atomic mass is 16.4. The predicted molar refractivity (Wildman–Crippen MR) is 61.7 cm³/mol. The first-order chi connectivity index (χ1) is 8.02. The van der Waals surface area contributed by atoms with Gasteiger partial charge in [-0.1, -0.05) is 19.1 Å². The molecular weight excluding hydrogens is 222 g/mol. The number of nitrogens with one attached hydrogen (secondary N) is 1. The highest BCUT2D eigenvalue weighted by Crippen LogP contribution is 2.11. The summed E-state index contributed by atoms with van der Waals surface area (Å²) in [4.78, 5) is 22.3.